The van der Waals surface area contributed by atoms with Crippen molar-refractivity contribution in [3.63, 3.8) is 0 Å². The second-order valence-electron chi connectivity index (χ2n) is 4.77. The van der Waals surface area contributed by atoms with Crippen LogP contribution in [0.15, 0.2) is 18.5 Å². The Labute approximate surface area is 110 Å². The topological polar surface area (TPSA) is 60.2 Å². The van der Waals surface area contributed by atoms with Gasteiger partial charge in [-0.2, -0.15) is 0 Å². The number of nitrogens with two attached hydrogens (primary N) is 1. The van der Waals surface area contributed by atoms with Gasteiger partial charge in [-0.3, -0.25) is 16.3 Å². The lowest BCUT2D eigenvalue weighted by molar-refractivity contribution is 0.314. The summed E-state index contributed by atoms with van der Waals surface area (Å²) in [5.74, 6) is 7.09. The maximum absolute atomic E-state index is 5.64. The van der Waals surface area contributed by atoms with Crippen LogP contribution in [0.25, 0.3) is 0 Å². The molecule has 0 fully saturated rings. The second-order valence-corrected chi connectivity index (χ2v) is 4.77. The van der Waals surface area contributed by atoms with Gasteiger partial charge in [0.15, 0.2) is 0 Å². The molecule has 18 heavy (non-hydrogen) atoms. The van der Waals surface area contributed by atoms with Gasteiger partial charge in [0.1, 0.15) is 5.75 Å². The number of hydrazine groups is 1. The van der Waals surface area contributed by atoms with E-state index in [0.717, 1.165) is 37.2 Å². The minimum atomic E-state index is 0.137. The molecular weight excluding hydrogens is 226 g/mol. The second kappa shape index (κ2) is 8.06. The van der Waals surface area contributed by atoms with E-state index in [2.05, 4.69) is 31.2 Å². The molecule has 0 aliphatic rings. The summed E-state index contributed by atoms with van der Waals surface area (Å²) in [6.45, 7) is 7.23. The fraction of sp³-hybridized carbons (Fsp3) is 0.643. The Morgan fingerprint density at radius 2 is 2.17 bits per heavy atom. The molecule has 2 unspecified atom stereocenters. The molecule has 1 rings (SSSR count). The van der Waals surface area contributed by atoms with E-state index in [4.69, 9.17) is 10.6 Å². The van der Waals surface area contributed by atoms with Crippen molar-refractivity contribution in [2.75, 3.05) is 6.61 Å². The van der Waals surface area contributed by atoms with Crippen LogP contribution in [0.5, 0.6) is 5.75 Å². The van der Waals surface area contributed by atoms with Crippen molar-refractivity contribution in [2.45, 2.75) is 46.1 Å². The van der Waals surface area contributed by atoms with Gasteiger partial charge in [0, 0.05) is 12.2 Å². The van der Waals surface area contributed by atoms with Crippen molar-refractivity contribution in [3.05, 3.63) is 24.0 Å². The van der Waals surface area contributed by atoms with Crippen LogP contribution in [0, 0.1) is 5.92 Å². The molecule has 0 spiro atoms. The van der Waals surface area contributed by atoms with Gasteiger partial charge in [0.2, 0.25) is 0 Å². The molecule has 0 saturated heterocycles. The average molecular weight is 251 g/mol. The summed E-state index contributed by atoms with van der Waals surface area (Å²) in [6, 6.07) is 2.16. The first-order valence-electron chi connectivity index (χ1n) is 6.75. The van der Waals surface area contributed by atoms with Crippen molar-refractivity contribution < 1.29 is 4.74 Å². The summed E-state index contributed by atoms with van der Waals surface area (Å²) in [7, 11) is 0. The summed E-state index contributed by atoms with van der Waals surface area (Å²) in [6.07, 6.45) is 6.75. The molecule has 4 heteroatoms. The van der Waals surface area contributed by atoms with Crippen LogP contribution in [-0.4, -0.2) is 11.6 Å². The Morgan fingerprint density at radius 1 is 1.39 bits per heavy atom. The van der Waals surface area contributed by atoms with Crippen LogP contribution in [0.3, 0.4) is 0 Å². The van der Waals surface area contributed by atoms with Crippen molar-refractivity contribution in [3.8, 4) is 5.75 Å². The van der Waals surface area contributed by atoms with Crippen LogP contribution < -0.4 is 16.0 Å². The number of pyridine rings is 1. The van der Waals surface area contributed by atoms with E-state index < -0.39 is 0 Å². The summed E-state index contributed by atoms with van der Waals surface area (Å²) in [5, 5.41) is 0. The molecule has 3 N–H and O–H groups in total. The first kappa shape index (κ1) is 14.9. The van der Waals surface area contributed by atoms with E-state index in [1.54, 1.807) is 6.20 Å². The molecule has 0 amide bonds. The minimum Gasteiger partial charge on any atom is -0.492 e. The number of aromatic nitrogens is 1. The van der Waals surface area contributed by atoms with Crippen LogP contribution >= 0.6 is 0 Å². The number of ether oxygens (including phenoxy) is 1. The van der Waals surface area contributed by atoms with Gasteiger partial charge in [-0.15, -0.1) is 0 Å². The standard InChI is InChI=1S/C14H25N3O/c1-4-6-18-13-8-12(9-16-10-13)14(17-15)7-11(3)5-2/h8-11,14,17H,4-7,15H2,1-3H3. The molecule has 1 heterocycles. The molecule has 0 saturated carbocycles. The van der Waals surface area contributed by atoms with Crippen molar-refractivity contribution in [2.24, 2.45) is 11.8 Å². The van der Waals surface area contributed by atoms with Crippen LogP contribution in [0.1, 0.15) is 51.6 Å². The third kappa shape index (κ3) is 4.63. The van der Waals surface area contributed by atoms with Gasteiger partial charge >= 0.3 is 0 Å². The van der Waals surface area contributed by atoms with Crippen LogP contribution in [0.2, 0.25) is 0 Å². The molecule has 102 valence electrons. The lowest BCUT2D eigenvalue weighted by atomic mass is 9.95. The molecule has 0 radical (unpaired) electrons. The third-order valence-corrected chi connectivity index (χ3v) is 3.15. The van der Waals surface area contributed by atoms with E-state index in [0.29, 0.717) is 5.92 Å². The Morgan fingerprint density at radius 3 is 2.78 bits per heavy atom. The van der Waals surface area contributed by atoms with Crippen molar-refractivity contribution in [1.29, 1.82) is 0 Å². The molecule has 2 atom stereocenters. The molecule has 0 bridgehead atoms. The van der Waals surface area contributed by atoms with Crippen molar-refractivity contribution in [1.82, 2.24) is 10.4 Å². The predicted octanol–water partition coefficient (Wildman–Crippen LogP) is 2.81. The highest BCUT2D eigenvalue weighted by atomic mass is 16.5. The third-order valence-electron chi connectivity index (χ3n) is 3.15. The van der Waals surface area contributed by atoms with Gasteiger partial charge in [-0.05, 0) is 30.4 Å². The van der Waals surface area contributed by atoms with Gasteiger partial charge in [-0.25, -0.2) is 0 Å². The van der Waals surface area contributed by atoms with Gasteiger partial charge < -0.3 is 4.74 Å². The van der Waals surface area contributed by atoms with E-state index in [1.807, 2.05) is 12.3 Å². The normalized spacial score (nSPS) is 14.2. The zero-order chi connectivity index (χ0) is 13.4. The fourth-order valence-corrected chi connectivity index (χ4v) is 1.79. The molecule has 0 aromatic carbocycles. The van der Waals surface area contributed by atoms with E-state index >= 15 is 0 Å². The number of hydrogen-bond donors (Lipinski definition) is 2. The highest BCUT2D eigenvalue weighted by Gasteiger charge is 2.14. The highest BCUT2D eigenvalue weighted by molar-refractivity contribution is 5.26. The fourth-order valence-electron chi connectivity index (χ4n) is 1.79. The largest absolute Gasteiger partial charge is 0.492 e. The lowest BCUT2D eigenvalue weighted by Crippen LogP contribution is -2.29. The number of rotatable bonds is 8. The highest BCUT2D eigenvalue weighted by Crippen LogP contribution is 2.24. The van der Waals surface area contributed by atoms with E-state index in [1.165, 1.54) is 0 Å². The zero-order valence-corrected chi connectivity index (χ0v) is 11.6. The Bertz CT molecular complexity index is 344. The first-order chi connectivity index (χ1) is 8.71. The Hall–Kier alpha value is -1.13. The summed E-state index contributed by atoms with van der Waals surface area (Å²) in [5.41, 5.74) is 3.96. The van der Waals surface area contributed by atoms with Crippen LogP contribution in [-0.2, 0) is 0 Å². The first-order valence-corrected chi connectivity index (χ1v) is 6.75. The average Bonchev–Trinajstić information content (AvgIpc) is 2.42. The molecule has 1 aromatic rings. The minimum absolute atomic E-state index is 0.137. The van der Waals surface area contributed by atoms with Gasteiger partial charge in [-0.1, -0.05) is 27.2 Å². The number of hydrogen-bond acceptors (Lipinski definition) is 4. The summed E-state index contributed by atoms with van der Waals surface area (Å²) >= 11 is 0. The maximum atomic E-state index is 5.64. The van der Waals surface area contributed by atoms with E-state index in [-0.39, 0.29) is 6.04 Å². The molecule has 0 aliphatic carbocycles. The lowest BCUT2D eigenvalue weighted by Gasteiger charge is -2.20. The van der Waals surface area contributed by atoms with Crippen molar-refractivity contribution >= 4 is 0 Å². The SMILES string of the molecule is CCCOc1cncc(C(CC(C)CC)NN)c1. The summed E-state index contributed by atoms with van der Waals surface area (Å²) < 4.78 is 5.59. The monoisotopic (exact) mass is 251 g/mol. The number of nitrogens with zero attached hydrogens (tertiary/aromatic N) is 1. The molecule has 1 aromatic heterocycles. The molecular formula is C14H25N3O. The Balaban J connectivity index is 2.72. The zero-order valence-electron chi connectivity index (χ0n) is 11.6. The quantitative estimate of drug-likeness (QED) is 0.551. The maximum Gasteiger partial charge on any atom is 0.137 e. The molecule has 0 aliphatic heterocycles. The van der Waals surface area contributed by atoms with Gasteiger partial charge in [0.25, 0.3) is 0 Å². The Kier molecular flexibility index (Phi) is 6.68. The van der Waals surface area contributed by atoms with Crippen LogP contribution in [0.4, 0.5) is 0 Å². The smallest absolute Gasteiger partial charge is 0.137 e. The predicted molar refractivity (Wildman–Crippen MR) is 74.2 cm³/mol. The summed E-state index contributed by atoms with van der Waals surface area (Å²) in [4.78, 5) is 4.22. The van der Waals surface area contributed by atoms with Gasteiger partial charge in [0.05, 0.1) is 12.8 Å². The molecule has 4 nitrogen and oxygen atoms in total. The number of nitrogens with one attached hydrogen (secondary N) is 1. The van der Waals surface area contributed by atoms with E-state index in [9.17, 15) is 0 Å².